The summed E-state index contributed by atoms with van der Waals surface area (Å²) in [5, 5.41) is 19.8. The molecule has 0 aliphatic carbocycles. The van der Waals surface area contributed by atoms with Crippen molar-refractivity contribution in [1.29, 1.82) is 5.26 Å². The lowest BCUT2D eigenvalue weighted by Gasteiger charge is -2.21. The highest BCUT2D eigenvalue weighted by Crippen LogP contribution is 2.32. The van der Waals surface area contributed by atoms with Crippen LogP contribution in [0, 0.1) is 11.3 Å². The van der Waals surface area contributed by atoms with Gasteiger partial charge < -0.3 is 10.4 Å². The molecular formula is C25H25F2N5O5S. The molecule has 4 rings (SSSR count). The molecule has 1 aromatic carbocycles. The maximum absolute atomic E-state index is 13.6. The molecule has 0 saturated carbocycles. The van der Waals surface area contributed by atoms with Crippen molar-refractivity contribution in [3.8, 4) is 6.07 Å². The van der Waals surface area contributed by atoms with Gasteiger partial charge in [-0.25, -0.2) is 27.2 Å². The Morgan fingerprint density at radius 3 is 2.58 bits per heavy atom. The van der Waals surface area contributed by atoms with E-state index in [2.05, 4.69) is 15.3 Å². The number of pyridine rings is 1. The van der Waals surface area contributed by atoms with Crippen LogP contribution in [0.2, 0.25) is 0 Å². The molecule has 3 aromatic rings. The lowest BCUT2D eigenvalue weighted by Crippen LogP contribution is -2.24. The fourth-order valence-electron chi connectivity index (χ4n) is 4.34. The second-order valence-corrected chi connectivity index (χ2v) is 10.7. The standard InChI is InChI=1S/C24H23F2N5O3S.CH2O2/c1-14(16-4-3-5-18(21(25)26)17(16)6-9-27)30-22-20-12-19(15-7-10-35(33,34)11-8-15)24(32)31(2)23(20)29-13-28-22;2-1-3/h3-5,7,12-14,21H,6,8,10-11H2,1-2H3,(H,28,29,30);1H,(H,2,3). The largest absolute Gasteiger partial charge is 0.483 e. The highest BCUT2D eigenvalue weighted by atomic mass is 32.2. The van der Waals surface area contributed by atoms with Crippen molar-refractivity contribution in [2.45, 2.75) is 32.2 Å². The van der Waals surface area contributed by atoms with E-state index in [1.54, 1.807) is 32.2 Å². The number of carbonyl (C=O) groups is 1. The van der Waals surface area contributed by atoms with Crippen molar-refractivity contribution in [3.63, 3.8) is 0 Å². The third-order valence-corrected chi connectivity index (χ3v) is 7.68. The summed E-state index contributed by atoms with van der Waals surface area (Å²) in [6.45, 7) is 1.52. The van der Waals surface area contributed by atoms with Gasteiger partial charge in [-0.3, -0.25) is 14.2 Å². The summed E-state index contributed by atoms with van der Waals surface area (Å²) in [6.07, 6.45) is 0.213. The minimum atomic E-state index is -3.16. The van der Waals surface area contributed by atoms with Gasteiger partial charge in [-0.2, -0.15) is 5.26 Å². The van der Waals surface area contributed by atoms with Gasteiger partial charge in [0.2, 0.25) is 0 Å². The van der Waals surface area contributed by atoms with Crippen LogP contribution in [0.25, 0.3) is 16.6 Å². The van der Waals surface area contributed by atoms with Crippen molar-refractivity contribution in [1.82, 2.24) is 14.5 Å². The van der Waals surface area contributed by atoms with Crippen LogP contribution in [-0.2, 0) is 28.1 Å². The zero-order valence-corrected chi connectivity index (χ0v) is 21.4. The number of alkyl halides is 2. The first-order valence-corrected chi connectivity index (χ1v) is 13.2. The van der Waals surface area contributed by atoms with Gasteiger partial charge in [-0.1, -0.05) is 24.3 Å². The monoisotopic (exact) mass is 545 g/mol. The summed E-state index contributed by atoms with van der Waals surface area (Å²) < 4.78 is 52.1. The molecule has 2 N–H and O–H groups in total. The van der Waals surface area contributed by atoms with Gasteiger partial charge in [0.15, 0.2) is 9.84 Å². The summed E-state index contributed by atoms with van der Waals surface area (Å²) in [7, 11) is -1.59. The molecule has 1 aliphatic rings. The Kier molecular flexibility index (Phi) is 8.90. The summed E-state index contributed by atoms with van der Waals surface area (Å²) in [5.41, 5.74) is 1.70. The molecule has 10 nitrogen and oxygen atoms in total. The van der Waals surface area contributed by atoms with Crippen LogP contribution >= 0.6 is 0 Å². The number of carboxylic acid groups (broad SMARTS) is 1. The Morgan fingerprint density at radius 2 is 1.97 bits per heavy atom. The number of hydrogen-bond donors (Lipinski definition) is 2. The SMILES string of the molecule is CC(Nc1ncnc2c1cc(C1=CCS(=O)(=O)CC1)c(=O)n2C)c1cccc(C(F)F)c1CC#N.O=CO. The average molecular weight is 546 g/mol. The topological polar surface area (TPSA) is 155 Å². The van der Waals surface area contributed by atoms with E-state index in [9.17, 15) is 27.3 Å². The van der Waals surface area contributed by atoms with Crippen LogP contribution in [0.1, 0.15) is 48.1 Å². The molecule has 1 atom stereocenters. The summed E-state index contributed by atoms with van der Waals surface area (Å²) in [4.78, 5) is 29.9. The third-order valence-electron chi connectivity index (χ3n) is 6.18. The van der Waals surface area contributed by atoms with Gasteiger partial charge >= 0.3 is 0 Å². The van der Waals surface area contributed by atoms with Gasteiger partial charge in [0, 0.05) is 18.2 Å². The van der Waals surface area contributed by atoms with E-state index in [1.165, 1.54) is 23.0 Å². The molecule has 0 bridgehead atoms. The second-order valence-electron chi connectivity index (χ2n) is 8.50. The Bertz CT molecular complexity index is 1600. The van der Waals surface area contributed by atoms with Gasteiger partial charge in [0.25, 0.3) is 18.5 Å². The summed E-state index contributed by atoms with van der Waals surface area (Å²) >= 11 is 0. The molecular weight excluding hydrogens is 520 g/mol. The van der Waals surface area contributed by atoms with Crippen LogP contribution < -0.4 is 10.9 Å². The number of fused-ring (bicyclic) bond motifs is 1. The summed E-state index contributed by atoms with van der Waals surface area (Å²) in [5.74, 6) is 0.225. The zero-order chi connectivity index (χ0) is 28.0. The van der Waals surface area contributed by atoms with Crippen LogP contribution in [0.15, 0.2) is 41.5 Å². The quantitative estimate of drug-likeness (QED) is 0.443. The minimum absolute atomic E-state index is 0.0321. The molecule has 3 heterocycles. The van der Waals surface area contributed by atoms with Crippen molar-refractivity contribution in [2.75, 3.05) is 16.8 Å². The fourth-order valence-corrected chi connectivity index (χ4v) is 5.49. The molecule has 0 spiro atoms. The van der Waals surface area contributed by atoms with Crippen molar-refractivity contribution < 1.29 is 27.1 Å². The van der Waals surface area contributed by atoms with Crippen LogP contribution in [0.3, 0.4) is 0 Å². The van der Waals surface area contributed by atoms with Gasteiger partial charge in [0.1, 0.15) is 17.8 Å². The number of hydrogen-bond acceptors (Lipinski definition) is 8. The Hall–Kier alpha value is -4.18. The van der Waals surface area contributed by atoms with E-state index in [-0.39, 0.29) is 47.5 Å². The number of halogens is 2. The van der Waals surface area contributed by atoms with E-state index in [1.807, 2.05) is 6.07 Å². The number of nitrogens with zero attached hydrogens (tertiary/aromatic N) is 4. The molecule has 0 radical (unpaired) electrons. The zero-order valence-electron chi connectivity index (χ0n) is 20.6. The smallest absolute Gasteiger partial charge is 0.290 e. The number of aryl methyl sites for hydroxylation is 1. The molecule has 200 valence electrons. The normalized spacial score (nSPS) is 15.1. The van der Waals surface area contributed by atoms with Gasteiger partial charge in [-0.05, 0) is 36.1 Å². The number of nitriles is 1. The lowest BCUT2D eigenvalue weighted by atomic mass is 9.94. The van der Waals surface area contributed by atoms with Crippen LogP contribution in [0.4, 0.5) is 14.6 Å². The Labute approximate surface area is 217 Å². The Morgan fingerprint density at radius 1 is 1.29 bits per heavy atom. The molecule has 0 amide bonds. The number of allylic oxidation sites excluding steroid dienone is 1. The average Bonchev–Trinajstić information content (AvgIpc) is 2.87. The maximum Gasteiger partial charge on any atom is 0.290 e. The number of benzene rings is 1. The molecule has 1 unspecified atom stereocenters. The van der Waals surface area contributed by atoms with E-state index in [0.29, 0.717) is 33.6 Å². The highest BCUT2D eigenvalue weighted by molar-refractivity contribution is 7.91. The lowest BCUT2D eigenvalue weighted by molar-refractivity contribution is -0.122. The number of aromatic nitrogens is 3. The maximum atomic E-state index is 13.6. The molecule has 0 saturated heterocycles. The number of rotatable bonds is 6. The fraction of sp³-hybridized carbons (Fsp3) is 0.320. The third kappa shape index (κ3) is 6.03. The van der Waals surface area contributed by atoms with Crippen molar-refractivity contribution in [3.05, 3.63) is 69.3 Å². The predicted octanol–water partition coefficient (Wildman–Crippen LogP) is 3.41. The number of nitrogens with one attached hydrogen (secondary N) is 1. The van der Waals surface area contributed by atoms with Crippen molar-refractivity contribution >= 4 is 38.7 Å². The first-order valence-electron chi connectivity index (χ1n) is 11.4. The molecule has 38 heavy (non-hydrogen) atoms. The first-order chi connectivity index (χ1) is 18.0. The van der Waals surface area contributed by atoms with Crippen LogP contribution in [0.5, 0.6) is 0 Å². The predicted molar refractivity (Wildman–Crippen MR) is 137 cm³/mol. The molecule has 0 fully saturated rings. The highest BCUT2D eigenvalue weighted by Gasteiger charge is 2.23. The number of sulfone groups is 1. The second kappa shape index (κ2) is 11.9. The Balaban J connectivity index is 0.00000127. The van der Waals surface area contributed by atoms with Gasteiger partial charge in [-0.15, -0.1) is 0 Å². The molecule has 2 aromatic heterocycles. The van der Waals surface area contributed by atoms with Crippen molar-refractivity contribution in [2.24, 2.45) is 7.05 Å². The molecule has 13 heteroatoms. The van der Waals surface area contributed by atoms with Gasteiger partial charge in [0.05, 0.1) is 35.4 Å². The first kappa shape index (κ1) is 28.4. The minimum Gasteiger partial charge on any atom is -0.483 e. The van der Waals surface area contributed by atoms with E-state index >= 15 is 0 Å². The van der Waals surface area contributed by atoms with Crippen LogP contribution in [-0.4, -0.2) is 46.0 Å². The van der Waals surface area contributed by atoms with E-state index in [4.69, 9.17) is 9.90 Å². The molecule has 1 aliphatic heterocycles. The summed E-state index contributed by atoms with van der Waals surface area (Å²) in [6, 6.07) is 7.64. The number of anilines is 1. The van der Waals surface area contributed by atoms with E-state index in [0.717, 1.165) is 0 Å². The van der Waals surface area contributed by atoms with E-state index < -0.39 is 22.3 Å².